The summed E-state index contributed by atoms with van der Waals surface area (Å²) in [4.78, 5) is 65.0. The number of carboxylic acids is 2. The number of hydrogen-bond acceptors (Lipinski definition) is 14. The summed E-state index contributed by atoms with van der Waals surface area (Å²) in [7, 11) is 0. The number of rotatable bonds is 29. The molecule has 1 saturated heterocycles. The number of nitrogens with zero attached hydrogens (tertiary/aromatic N) is 2. The van der Waals surface area contributed by atoms with E-state index in [0.29, 0.717) is 58.7 Å². The number of allylic oxidation sites excluding steroid dienone is 3. The lowest BCUT2D eigenvalue weighted by Crippen LogP contribution is -2.42. The van der Waals surface area contributed by atoms with Gasteiger partial charge in [0.2, 0.25) is 0 Å². The smallest absolute Gasteiger partial charge is 0.308 e. The number of carbonyl (C=O) groups is 5. The molecule has 0 saturated carbocycles. The van der Waals surface area contributed by atoms with Crippen LogP contribution in [0.5, 0.6) is 0 Å². The predicted octanol–water partition coefficient (Wildman–Crippen LogP) is 14.8. The second kappa shape index (κ2) is 38.9. The lowest BCUT2D eigenvalue weighted by atomic mass is 9.65. The number of esters is 2. The molecular formula is C83H105F2N3O15. The Bertz CT molecular complexity index is 3870. The summed E-state index contributed by atoms with van der Waals surface area (Å²) in [6.45, 7) is 20.6. The first kappa shape index (κ1) is 81.8. The fourth-order valence-corrected chi connectivity index (χ4v) is 14.2. The standard InChI is InChI=1S/C33H35FN2O5.C26H34FNO5.C24H36O5/c1-21(2)31-30(33(41)35-25-11-7-4-8-12-25)29(22-9-5-3-6-10-22)32(23-13-15-24(34)16-14-23)36(31)18-17-26(37)19-27(38)20-28(39)40;1-15(2)25-21(10-9-19(30)13-20(31)14-23(32)33)24(17-5-7-18(27)8-6-17)22(11-12-29)26(28-25)16(3)4;1-5-15(3)24(27)29-21-11-14(2)10-17-7-6-16(4)20(23(17)21)9-8-19-12-18(25)13-22(26)28-19/h3-16,21,26-27,37-38H,17-20H2,1-2H3,(H,35,41)(H,39,40);5-10,15-16,19-20,29-31H,11-14H2,1-4H3,(H,32,33);6-7,10,14-16,18-21,23,25H,5,8-9,11-13H2,1-4H3/b;10-9+;/t26-,27-;19-,20-;14-,15-,16-,18+,19+,20?,21-,23?/m110/s1. The van der Waals surface area contributed by atoms with Gasteiger partial charge < -0.3 is 60.2 Å². The second-order valence-corrected chi connectivity index (χ2v) is 28.6. The molecule has 2 unspecified atom stereocenters. The van der Waals surface area contributed by atoms with Crippen LogP contribution in [0.3, 0.4) is 0 Å². The molecule has 0 spiro atoms. The van der Waals surface area contributed by atoms with E-state index in [0.717, 1.165) is 70.6 Å². The number of aliphatic carboxylic acids is 2. The number of benzene rings is 4. The number of anilines is 1. The minimum Gasteiger partial charge on any atom is -0.481 e. The summed E-state index contributed by atoms with van der Waals surface area (Å²) in [6, 6.07) is 30.9. The first-order valence-electron chi connectivity index (χ1n) is 36.2. The van der Waals surface area contributed by atoms with Crippen molar-refractivity contribution in [2.24, 2.45) is 29.6 Å². The van der Waals surface area contributed by atoms with E-state index in [1.165, 1.54) is 35.9 Å². The summed E-state index contributed by atoms with van der Waals surface area (Å²) >= 11 is 0. The van der Waals surface area contributed by atoms with Crippen molar-refractivity contribution in [1.82, 2.24) is 9.55 Å². The summed E-state index contributed by atoms with van der Waals surface area (Å²) in [5, 5.41) is 81.5. The molecule has 556 valence electrons. The SMILES string of the molecule is CC(C)c1c(C(=O)Nc2ccccc2)c(-c2ccccc2)c(-c2ccc(F)cc2)n1CC[C@@H](O)C[C@@H](O)CC(=O)O.CC(C)c1nc(C(C)C)c(CCO)c(-c2ccc(F)cc2)c1/C=C/[C@@H](O)C[C@@H](O)CC(=O)O.CC[C@H](C)C(=O)O[C@H]1C[C@@H](C)C=C2C=C[C@H](C)C(CC[C@@H]3C[C@@H](O)CC(=O)O3)C21. The summed E-state index contributed by atoms with van der Waals surface area (Å²) in [5.41, 5.74) is 10.9. The number of nitrogens with one attached hydrogen (secondary N) is 1. The third-order valence-corrected chi connectivity index (χ3v) is 19.3. The molecule has 0 bridgehead atoms. The van der Waals surface area contributed by atoms with E-state index in [1.54, 1.807) is 30.3 Å². The number of pyridine rings is 1. The first-order valence-corrected chi connectivity index (χ1v) is 36.2. The predicted molar refractivity (Wildman–Crippen MR) is 395 cm³/mol. The van der Waals surface area contributed by atoms with Gasteiger partial charge in [-0.1, -0.05) is 160 Å². The molecule has 18 nitrogen and oxygen atoms in total. The number of cyclic esters (lactones) is 1. The largest absolute Gasteiger partial charge is 0.481 e. The average Bonchev–Trinajstić information content (AvgIpc) is 1.65. The Morgan fingerprint density at radius 3 is 1.87 bits per heavy atom. The van der Waals surface area contributed by atoms with Crippen LogP contribution in [-0.4, -0.2) is 130 Å². The van der Waals surface area contributed by atoms with Crippen molar-refractivity contribution in [2.75, 3.05) is 11.9 Å². The van der Waals surface area contributed by atoms with Crippen molar-refractivity contribution >= 4 is 41.5 Å². The van der Waals surface area contributed by atoms with Gasteiger partial charge in [0.05, 0.1) is 72.7 Å². The molecule has 103 heavy (non-hydrogen) atoms. The number of carboxylic acid groups (broad SMARTS) is 2. The molecule has 4 aromatic carbocycles. The van der Waals surface area contributed by atoms with E-state index in [2.05, 4.69) is 37.4 Å². The van der Waals surface area contributed by atoms with Gasteiger partial charge in [-0.25, -0.2) is 8.78 Å². The number of halogens is 2. The lowest BCUT2D eigenvalue weighted by Gasteiger charge is -2.43. The zero-order chi connectivity index (χ0) is 75.4. The molecule has 20 heteroatoms. The zero-order valence-electron chi connectivity index (χ0n) is 60.9. The van der Waals surface area contributed by atoms with Crippen LogP contribution < -0.4 is 5.32 Å². The Kier molecular flexibility index (Phi) is 30.9. The molecule has 2 aromatic heterocycles. The van der Waals surface area contributed by atoms with Crippen LogP contribution in [0.4, 0.5) is 14.5 Å². The van der Waals surface area contributed by atoms with Crippen LogP contribution in [0.1, 0.15) is 196 Å². The number of carbonyl (C=O) groups excluding carboxylic acids is 3. The van der Waals surface area contributed by atoms with E-state index in [-0.39, 0.29) is 110 Å². The highest BCUT2D eigenvalue weighted by Gasteiger charge is 2.43. The molecule has 1 amide bonds. The van der Waals surface area contributed by atoms with Gasteiger partial charge >= 0.3 is 23.9 Å². The maximum Gasteiger partial charge on any atom is 0.308 e. The lowest BCUT2D eigenvalue weighted by molar-refractivity contribution is -0.162. The van der Waals surface area contributed by atoms with Crippen molar-refractivity contribution in [3.05, 3.63) is 184 Å². The number of para-hydroxylation sites is 1. The minimum absolute atomic E-state index is 0.0410. The van der Waals surface area contributed by atoms with E-state index in [4.69, 9.17) is 24.7 Å². The van der Waals surface area contributed by atoms with E-state index in [9.17, 15) is 63.4 Å². The maximum atomic E-state index is 14.0. The zero-order valence-corrected chi connectivity index (χ0v) is 60.9. The van der Waals surface area contributed by atoms with Crippen molar-refractivity contribution in [2.45, 2.75) is 213 Å². The van der Waals surface area contributed by atoms with E-state index >= 15 is 0 Å². The molecule has 3 heterocycles. The number of aliphatic hydroxyl groups is 6. The third kappa shape index (κ3) is 23.0. The van der Waals surface area contributed by atoms with Gasteiger partial charge in [-0.15, -0.1) is 0 Å². The molecule has 9 N–H and O–H groups in total. The molecule has 12 atom stereocenters. The number of amides is 1. The summed E-state index contributed by atoms with van der Waals surface area (Å²) in [5.74, 6) is -2.54. The van der Waals surface area contributed by atoms with Crippen LogP contribution in [0, 0.1) is 41.2 Å². The number of fused-ring (bicyclic) bond motifs is 1. The van der Waals surface area contributed by atoms with Crippen LogP contribution in [-0.2, 0) is 41.6 Å². The van der Waals surface area contributed by atoms with Crippen molar-refractivity contribution in [1.29, 1.82) is 0 Å². The van der Waals surface area contributed by atoms with Gasteiger partial charge in [-0.3, -0.25) is 29.0 Å². The molecule has 3 aliphatic rings. The van der Waals surface area contributed by atoms with Crippen molar-refractivity contribution < 1.29 is 83.1 Å². The Morgan fingerprint density at radius 1 is 0.728 bits per heavy atom. The van der Waals surface area contributed by atoms with Gasteiger partial charge in [0.1, 0.15) is 23.8 Å². The normalized spacial score (nSPS) is 20.1. The number of aromatic nitrogens is 2. The first-order chi connectivity index (χ1) is 49.0. The van der Waals surface area contributed by atoms with Gasteiger partial charge in [-0.2, -0.15) is 0 Å². The summed E-state index contributed by atoms with van der Waals surface area (Å²) in [6.07, 6.45) is 8.00. The molecule has 6 aromatic rings. The van der Waals surface area contributed by atoms with Crippen LogP contribution in [0.25, 0.3) is 39.6 Å². The van der Waals surface area contributed by atoms with Crippen molar-refractivity contribution in [3.8, 4) is 33.5 Å². The molecule has 1 aliphatic heterocycles. The Morgan fingerprint density at radius 2 is 1.31 bits per heavy atom. The number of aliphatic hydroxyl groups excluding tert-OH is 6. The van der Waals surface area contributed by atoms with Crippen molar-refractivity contribution in [3.63, 3.8) is 0 Å². The monoisotopic (exact) mass is 1420 g/mol. The summed E-state index contributed by atoms with van der Waals surface area (Å²) < 4.78 is 41.2. The quantitative estimate of drug-likeness (QED) is 0.0197. The van der Waals surface area contributed by atoms with Gasteiger partial charge in [0, 0.05) is 60.1 Å². The fraction of sp³-hybridized carbons (Fsp3) is 0.470. The van der Waals surface area contributed by atoms with E-state index < -0.39 is 55.3 Å². The van der Waals surface area contributed by atoms with Crippen LogP contribution in [0.2, 0.25) is 0 Å². The molecule has 0 radical (unpaired) electrons. The van der Waals surface area contributed by atoms with Crippen LogP contribution >= 0.6 is 0 Å². The topological polar surface area (TPSA) is 295 Å². The minimum atomic E-state index is -1.18. The highest BCUT2D eigenvalue weighted by atomic mass is 19.1. The highest BCUT2D eigenvalue weighted by molar-refractivity contribution is 6.12. The van der Waals surface area contributed by atoms with Gasteiger partial charge in [0.25, 0.3) is 5.91 Å². The molecular weight excluding hydrogens is 1320 g/mol. The highest BCUT2D eigenvalue weighted by Crippen LogP contribution is 2.47. The van der Waals surface area contributed by atoms with Gasteiger partial charge in [-0.05, 0) is 162 Å². The third-order valence-electron chi connectivity index (χ3n) is 19.3. The molecule has 9 rings (SSSR count). The van der Waals surface area contributed by atoms with Crippen LogP contribution in [0.15, 0.2) is 139 Å². The average molecular weight is 1420 g/mol. The second-order valence-electron chi connectivity index (χ2n) is 28.6. The van der Waals surface area contributed by atoms with Gasteiger partial charge in [0.15, 0.2) is 0 Å². The molecule has 2 aliphatic carbocycles. The Hall–Kier alpha value is -8.50. The number of ether oxygens (including phenoxy) is 2. The maximum absolute atomic E-state index is 14.0. The Balaban J connectivity index is 0.000000220. The number of hydrogen-bond donors (Lipinski definition) is 9. The van der Waals surface area contributed by atoms with E-state index in [1.807, 2.05) is 121 Å². The fourth-order valence-electron chi connectivity index (χ4n) is 14.2. The molecule has 1 fully saturated rings. The Labute approximate surface area is 604 Å².